The summed E-state index contributed by atoms with van der Waals surface area (Å²) in [6.45, 7) is 6.22. The van der Waals surface area contributed by atoms with Gasteiger partial charge >= 0.3 is 29.6 Å². The first kappa shape index (κ1) is 29.3. The Kier molecular flexibility index (Phi) is 10.2. The van der Waals surface area contributed by atoms with E-state index in [0.717, 1.165) is 16.7 Å². The fourth-order valence-electron chi connectivity index (χ4n) is 3.65. The SMILES string of the molecule is CC(C)c1ccc2c(CC[C@H](C)CNS(=O)(=O)c3ccc(Cl)cc3)cc(S(=O)(=O)[O-])c-2cc1.[Na+]. The third kappa shape index (κ3) is 7.27. The minimum atomic E-state index is -4.62. The van der Waals surface area contributed by atoms with Crippen molar-refractivity contribution < 1.29 is 50.9 Å². The first-order valence-corrected chi connectivity index (χ1v) is 13.9. The second-order valence-corrected chi connectivity index (χ2v) is 12.1. The van der Waals surface area contributed by atoms with Gasteiger partial charge in [0.2, 0.25) is 10.0 Å². The van der Waals surface area contributed by atoms with Crippen molar-refractivity contribution >= 4 is 31.7 Å². The van der Waals surface area contributed by atoms with Crippen molar-refractivity contribution in [3.8, 4) is 11.1 Å². The van der Waals surface area contributed by atoms with Gasteiger partial charge in [0.15, 0.2) is 0 Å². The molecule has 0 saturated heterocycles. The Balaban J connectivity index is 0.00000408. The summed E-state index contributed by atoms with van der Waals surface area (Å²) in [5.41, 5.74) is 2.95. The van der Waals surface area contributed by atoms with E-state index in [1.165, 1.54) is 30.3 Å². The number of aryl methyl sites for hydroxylation is 1. The van der Waals surface area contributed by atoms with Gasteiger partial charge in [0.1, 0.15) is 10.1 Å². The molecule has 1 aromatic carbocycles. The number of halogens is 1. The third-order valence-electron chi connectivity index (χ3n) is 5.68. The summed E-state index contributed by atoms with van der Waals surface area (Å²) >= 11 is 5.82. The van der Waals surface area contributed by atoms with Gasteiger partial charge in [0.05, 0.1) is 9.79 Å². The molecule has 0 aromatic heterocycles. The van der Waals surface area contributed by atoms with E-state index in [4.69, 9.17) is 11.6 Å². The molecule has 2 aliphatic carbocycles. The van der Waals surface area contributed by atoms with Gasteiger partial charge in [-0.15, -0.1) is 0 Å². The molecule has 0 heterocycles. The van der Waals surface area contributed by atoms with Crippen LogP contribution in [0.4, 0.5) is 0 Å². The number of hydrogen-bond donors (Lipinski definition) is 1. The van der Waals surface area contributed by atoms with Crippen molar-refractivity contribution in [1.29, 1.82) is 0 Å². The number of sulfonamides is 1. The molecule has 1 atom stereocenters. The summed E-state index contributed by atoms with van der Waals surface area (Å²) in [7, 11) is -8.28. The molecule has 6 nitrogen and oxygen atoms in total. The predicted octanol–water partition coefficient (Wildman–Crippen LogP) is 2.02. The Labute approximate surface area is 229 Å². The van der Waals surface area contributed by atoms with Crippen molar-refractivity contribution in [3.63, 3.8) is 0 Å². The smallest absolute Gasteiger partial charge is 0.744 e. The molecule has 0 aliphatic heterocycles. The summed E-state index contributed by atoms with van der Waals surface area (Å²) in [6.07, 6.45) is 1.12. The van der Waals surface area contributed by atoms with Crippen molar-refractivity contribution in [1.82, 2.24) is 4.72 Å². The molecular weight excluding hydrogens is 505 g/mol. The van der Waals surface area contributed by atoms with E-state index in [1.807, 2.05) is 39.0 Å². The molecule has 10 heteroatoms. The summed E-state index contributed by atoms with van der Waals surface area (Å²) in [5.74, 6) is 0.235. The van der Waals surface area contributed by atoms with Crippen LogP contribution < -0.4 is 34.3 Å². The number of fused-ring (bicyclic) bond motifs is 1. The Hall–Kier alpha value is -0.970. The first-order chi connectivity index (χ1) is 15.4. The predicted molar refractivity (Wildman–Crippen MR) is 129 cm³/mol. The monoisotopic (exact) mass is 531 g/mol. The minimum absolute atomic E-state index is 0. The molecule has 0 radical (unpaired) electrons. The van der Waals surface area contributed by atoms with Gasteiger partial charge in [-0.2, -0.15) is 0 Å². The average molecular weight is 532 g/mol. The number of hydrogen-bond acceptors (Lipinski definition) is 5. The van der Waals surface area contributed by atoms with Crippen LogP contribution in [0.15, 0.2) is 64.4 Å². The van der Waals surface area contributed by atoms with Crippen LogP contribution in [0.2, 0.25) is 5.02 Å². The van der Waals surface area contributed by atoms with Crippen molar-refractivity contribution in [3.05, 3.63) is 70.7 Å². The zero-order valence-corrected chi connectivity index (χ0v) is 24.1. The van der Waals surface area contributed by atoms with Gasteiger partial charge < -0.3 is 4.55 Å². The Morgan fingerprint density at radius 1 is 0.912 bits per heavy atom. The molecule has 0 spiro atoms. The molecule has 2 aliphatic rings. The molecule has 1 N–H and O–H groups in total. The minimum Gasteiger partial charge on any atom is -0.744 e. The Bertz CT molecular complexity index is 1310. The second-order valence-electron chi connectivity index (χ2n) is 8.59. The molecule has 34 heavy (non-hydrogen) atoms. The maximum Gasteiger partial charge on any atom is 1.00 e. The molecular formula is C24H27ClNNaO5S2. The summed E-state index contributed by atoms with van der Waals surface area (Å²) in [4.78, 5) is -0.0746. The number of benzene rings is 1. The number of rotatable bonds is 9. The van der Waals surface area contributed by atoms with E-state index in [9.17, 15) is 21.4 Å². The zero-order valence-electron chi connectivity index (χ0n) is 19.7. The number of nitrogens with one attached hydrogen (secondary N) is 1. The average Bonchev–Trinajstić information content (AvgIpc) is 2.94. The molecule has 178 valence electrons. The fourth-order valence-corrected chi connectivity index (χ4v) is 5.68. The van der Waals surface area contributed by atoms with Crippen molar-refractivity contribution in [2.24, 2.45) is 5.92 Å². The van der Waals surface area contributed by atoms with Crippen LogP contribution in [0.1, 0.15) is 44.2 Å². The van der Waals surface area contributed by atoms with Crippen LogP contribution in [-0.2, 0) is 26.6 Å². The maximum atomic E-state index is 12.5. The van der Waals surface area contributed by atoms with Crippen LogP contribution in [0.5, 0.6) is 0 Å². The Morgan fingerprint density at radius 3 is 2.06 bits per heavy atom. The molecule has 0 bridgehead atoms. The molecule has 0 fully saturated rings. The third-order valence-corrected chi connectivity index (χ3v) is 8.25. The fraction of sp³-hybridized carbons (Fsp3) is 0.333. The van der Waals surface area contributed by atoms with Crippen molar-refractivity contribution in [2.75, 3.05) is 6.54 Å². The summed E-state index contributed by atoms with van der Waals surface area (Å²) in [5, 5.41) is 0.456. The van der Waals surface area contributed by atoms with Crippen LogP contribution in [0.3, 0.4) is 0 Å². The topological polar surface area (TPSA) is 103 Å². The molecule has 0 saturated carbocycles. The molecule has 0 amide bonds. The van der Waals surface area contributed by atoms with Crippen LogP contribution in [-0.4, -0.2) is 27.9 Å². The standard InChI is InChI=1S/C24H28ClNO5S2.Na/c1-16(2)18-6-12-22-19(14-24(33(29,30)31)23(22)13-7-18)5-4-17(3)15-26-32(27,28)21-10-8-20(25)9-11-21;/h6-14,16-17,26H,4-5,15H2,1-3H3,(H,29,30,31);/q;+1/p-1/t17-;/m0./s1. The van der Waals surface area contributed by atoms with E-state index in [2.05, 4.69) is 4.72 Å². The second kappa shape index (κ2) is 11.8. The van der Waals surface area contributed by atoms with Crippen molar-refractivity contribution in [2.45, 2.75) is 49.3 Å². The summed E-state index contributed by atoms with van der Waals surface area (Å²) < 4.78 is 63.1. The first-order valence-electron chi connectivity index (χ1n) is 10.6. The van der Waals surface area contributed by atoms with Gasteiger partial charge in [0, 0.05) is 11.6 Å². The van der Waals surface area contributed by atoms with E-state index < -0.39 is 20.1 Å². The van der Waals surface area contributed by atoms with Gasteiger partial charge in [-0.3, -0.25) is 0 Å². The normalized spacial score (nSPS) is 13.1. The van der Waals surface area contributed by atoms with E-state index in [0.29, 0.717) is 23.4 Å². The maximum absolute atomic E-state index is 12.5. The molecule has 3 rings (SSSR count). The van der Waals surface area contributed by atoms with Crippen LogP contribution >= 0.6 is 11.6 Å². The van der Waals surface area contributed by atoms with E-state index >= 15 is 0 Å². The van der Waals surface area contributed by atoms with E-state index in [1.54, 1.807) is 6.07 Å². The van der Waals surface area contributed by atoms with Gasteiger partial charge in [-0.1, -0.05) is 56.6 Å². The molecule has 0 unspecified atom stereocenters. The van der Waals surface area contributed by atoms with Crippen LogP contribution in [0, 0.1) is 5.92 Å². The largest absolute Gasteiger partial charge is 1.00 e. The van der Waals surface area contributed by atoms with Crippen LogP contribution in [0.25, 0.3) is 11.1 Å². The van der Waals surface area contributed by atoms with Gasteiger partial charge in [-0.05, 0) is 77.3 Å². The summed E-state index contributed by atoms with van der Waals surface area (Å²) in [6, 6.07) is 14.7. The Morgan fingerprint density at radius 2 is 1.50 bits per heavy atom. The van der Waals surface area contributed by atoms with Gasteiger partial charge in [0.25, 0.3) is 0 Å². The molecule has 1 aromatic rings. The quantitative estimate of drug-likeness (QED) is 0.336. The zero-order chi connectivity index (χ0) is 24.4. The van der Waals surface area contributed by atoms with Gasteiger partial charge in [-0.25, -0.2) is 21.6 Å². The van der Waals surface area contributed by atoms with E-state index in [-0.39, 0.29) is 57.7 Å².